The second kappa shape index (κ2) is 6.06. The third kappa shape index (κ3) is 3.05. The summed E-state index contributed by atoms with van der Waals surface area (Å²) in [5, 5.41) is 13.0. The first-order valence-corrected chi connectivity index (χ1v) is 7.99. The van der Waals surface area contributed by atoms with Gasteiger partial charge in [-0.25, -0.2) is 0 Å². The van der Waals surface area contributed by atoms with Crippen molar-refractivity contribution in [1.82, 2.24) is 5.32 Å². The molecule has 0 aliphatic carbocycles. The molecule has 3 rings (SSSR count). The van der Waals surface area contributed by atoms with E-state index in [0.717, 1.165) is 37.9 Å². The molecule has 114 valence electrons. The number of carbonyl (C=O) groups is 1. The fourth-order valence-corrected chi connectivity index (χ4v) is 3.49. The van der Waals surface area contributed by atoms with Crippen LogP contribution in [0, 0.1) is 5.92 Å². The quantitative estimate of drug-likeness (QED) is 0.897. The van der Waals surface area contributed by atoms with Crippen LogP contribution in [-0.2, 0) is 4.79 Å². The minimum absolute atomic E-state index is 0.211. The number of rotatable bonds is 3. The lowest BCUT2D eigenvalue weighted by atomic mass is 9.85. The second-order valence-corrected chi connectivity index (χ2v) is 6.22. The predicted octanol–water partition coefficient (Wildman–Crippen LogP) is 2.23. The summed E-state index contributed by atoms with van der Waals surface area (Å²) in [5.74, 6) is 0.778. The number of fused-ring (bicyclic) bond motifs is 1. The number of aliphatic hydroxyl groups is 1. The van der Waals surface area contributed by atoms with E-state index in [2.05, 4.69) is 22.3 Å². The number of benzene rings is 1. The van der Waals surface area contributed by atoms with Crippen LogP contribution in [0.2, 0.25) is 0 Å². The van der Waals surface area contributed by atoms with Crippen molar-refractivity contribution in [2.45, 2.75) is 44.8 Å². The van der Waals surface area contributed by atoms with Crippen molar-refractivity contribution in [2.75, 3.05) is 18.0 Å². The summed E-state index contributed by atoms with van der Waals surface area (Å²) in [6, 6.07) is 8.63. The maximum atomic E-state index is 11.5. The Bertz CT molecular complexity index is 500. The average Bonchev–Trinajstić information content (AvgIpc) is 2.53. The molecule has 2 heterocycles. The number of anilines is 1. The molecule has 2 N–H and O–H groups in total. The highest BCUT2D eigenvalue weighted by molar-refractivity contribution is 5.77. The molecule has 1 amide bonds. The topological polar surface area (TPSA) is 52.6 Å². The van der Waals surface area contributed by atoms with Crippen molar-refractivity contribution in [3.63, 3.8) is 0 Å². The molecule has 2 aliphatic rings. The van der Waals surface area contributed by atoms with Gasteiger partial charge >= 0.3 is 0 Å². The van der Waals surface area contributed by atoms with E-state index < -0.39 is 0 Å². The molecule has 1 aromatic carbocycles. The first-order valence-electron chi connectivity index (χ1n) is 7.99. The summed E-state index contributed by atoms with van der Waals surface area (Å²) < 4.78 is 0. The number of amides is 1. The van der Waals surface area contributed by atoms with Gasteiger partial charge in [0.15, 0.2) is 0 Å². The monoisotopic (exact) mass is 288 g/mol. The molecule has 0 spiro atoms. The number of aliphatic hydroxyl groups excluding tert-OH is 1. The Morgan fingerprint density at radius 2 is 2.10 bits per heavy atom. The molecular weight excluding hydrogens is 264 g/mol. The van der Waals surface area contributed by atoms with Crippen LogP contribution in [0.5, 0.6) is 0 Å². The van der Waals surface area contributed by atoms with Crippen LogP contribution in [0.1, 0.15) is 44.3 Å². The Morgan fingerprint density at radius 1 is 1.33 bits per heavy atom. The summed E-state index contributed by atoms with van der Waals surface area (Å²) >= 11 is 0. The first kappa shape index (κ1) is 14.4. The van der Waals surface area contributed by atoms with E-state index in [4.69, 9.17) is 0 Å². The molecule has 4 nitrogen and oxygen atoms in total. The zero-order valence-electron chi connectivity index (χ0n) is 12.6. The van der Waals surface area contributed by atoms with Gasteiger partial charge < -0.3 is 15.3 Å². The van der Waals surface area contributed by atoms with Gasteiger partial charge in [-0.15, -0.1) is 0 Å². The van der Waals surface area contributed by atoms with E-state index in [1.807, 2.05) is 19.1 Å². The summed E-state index contributed by atoms with van der Waals surface area (Å²) in [6.07, 6.45) is 3.07. The Balaban J connectivity index is 1.66. The van der Waals surface area contributed by atoms with Crippen LogP contribution in [0.15, 0.2) is 24.3 Å². The summed E-state index contributed by atoms with van der Waals surface area (Å²) in [7, 11) is 0. The zero-order valence-corrected chi connectivity index (χ0v) is 12.6. The van der Waals surface area contributed by atoms with E-state index in [1.54, 1.807) is 0 Å². The number of nitrogens with one attached hydrogen (secondary N) is 1. The smallest absolute Gasteiger partial charge is 0.220 e. The molecule has 4 heteroatoms. The van der Waals surface area contributed by atoms with Crippen molar-refractivity contribution in [3.05, 3.63) is 29.8 Å². The summed E-state index contributed by atoms with van der Waals surface area (Å²) in [4.78, 5) is 13.9. The van der Waals surface area contributed by atoms with Crippen LogP contribution in [-0.4, -0.2) is 30.1 Å². The number of hydrogen-bond acceptors (Lipinski definition) is 3. The van der Waals surface area contributed by atoms with E-state index in [9.17, 15) is 9.90 Å². The van der Waals surface area contributed by atoms with Gasteiger partial charge in [-0.05, 0) is 42.9 Å². The van der Waals surface area contributed by atoms with Crippen LogP contribution in [0.3, 0.4) is 0 Å². The molecule has 0 bridgehead atoms. The van der Waals surface area contributed by atoms with Gasteiger partial charge in [0.1, 0.15) is 0 Å². The van der Waals surface area contributed by atoms with Gasteiger partial charge in [-0.1, -0.05) is 19.1 Å². The zero-order chi connectivity index (χ0) is 14.8. The molecule has 2 saturated heterocycles. The van der Waals surface area contributed by atoms with Crippen LogP contribution in [0.25, 0.3) is 0 Å². The number of hydrogen-bond donors (Lipinski definition) is 2. The van der Waals surface area contributed by atoms with E-state index in [1.165, 1.54) is 5.69 Å². The molecular formula is C17H24N2O2. The molecule has 0 radical (unpaired) electrons. The highest BCUT2D eigenvalue weighted by atomic mass is 16.3. The highest BCUT2D eigenvalue weighted by Crippen LogP contribution is 2.29. The third-order valence-corrected chi connectivity index (χ3v) is 4.85. The van der Waals surface area contributed by atoms with Crippen molar-refractivity contribution in [3.8, 4) is 0 Å². The van der Waals surface area contributed by atoms with Crippen molar-refractivity contribution >= 4 is 11.6 Å². The van der Waals surface area contributed by atoms with E-state index in [-0.39, 0.29) is 12.0 Å². The normalized spacial score (nSPS) is 27.0. The Kier molecular flexibility index (Phi) is 4.15. The Hall–Kier alpha value is -1.55. The van der Waals surface area contributed by atoms with Gasteiger partial charge in [0.2, 0.25) is 5.91 Å². The fourth-order valence-electron chi connectivity index (χ4n) is 3.49. The van der Waals surface area contributed by atoms with Gasteiger partial charge in [0.25, 0.3) is 0 Å². The van der Waals surface area contributed by atoms with Gasteiger partial charge in [-0.2, -0.15) is 0 Å². The highest BCUT2D eigenvalue weighted by Gasteiger charge is 2.33. The SMILES string of the molecule is CC[C@H](O)c1ccc(N2CCC3NC(=O)CCC3C2)cc1. The molecule has 2 aliphatic heterocycles. The van der Waals surface area contributed by atoms with E-state index in [0.29, 0.717) is 18.4 Å². The Morgan fingerprint density at radius 3 is 2.81 bits per heavy atom. The molecule has 3 atom stereocenters. The number of nitrogens with zero attached hydrogens (tertiary/aromatic N) is 1. The lowest BCUT2D eigenvalue weighted by Crippen LogP contribution is -2.54. The van der Waals surface area contributed by atoms with Crippen LogP contribution in [0.4, 0.5) is 5.69 Å². The Labute approximate surface area is 126 Å². The maximum absolute atomic E-state index is 11.5. The lowest BCUT2D eigenvalue weighted by Gasteiger charge is -2.42. The predicted molar refractivity (Wildman–Crippen MR) is 83.2 cm³/mol. The van der Waals surface area contributed by atoms with E-state index >= 15 is 0 Å². The van der Waals surface area contributed by atoms with Gasteiger partial charge in [0, 0.05) is 31.2 Å². The largest absolute Gasteiger partial charge is 0.388 e. The average molecular weight is 288 g/mol. The minimum Gasteiger partial charge on any atom is -0.388 e. The molecule has 0 saturated carbocycles. The maximum Gasteiger partial charge on any atom is 0.220 e. The lowest BCUT2D eigenvalue weighted by molar-refractivity contribution is -0.124. The summed E-state index contributed by atoms with van der Waals surface area (Å²) in [5.41, 5.74) is 2.21. The van der Waals surface area contributed by atoms with Crippen molar-refractivity contribution in [2.24, 2.45) is 5.92 Å². The molecule has 2 fully saturated rings. The molecule has 21 heavy (non-hydrogen) atoms. The number of piperidine rings is 2. The first-order chi connectivity index (χ1) is 10.2. The van der Waals surface area contributed by atoms with Crippen LogP contribution >= 0.6 is 0 Å². The van der Waals surface area contributed by atoms with Crippen LogP contribution < -0.4 is 10.2 Å². The van der Waals surface area contributed by atoms with Gasteiger partial charge in [-0.3, -0.25) is 4.79 Å². The number of carbonyl (C=O) groups excluding carboxylic acids is 1. The third-order valence-electron chi connectivity index (χ3n) is 4.85. The minimum atomic E-state index is -0.363. The van der Waals surface area contributed by atoms with Gasteiger partial charge in [0.05, 0.1) is 6.10 Å². The standard InChI is InChI=1S/C17H24N2O2/c1-2-16(20)12-3-6-14(7-4-12)19-10-9-15-13(11-19)5-8-17(21)18-15/h3-4,6-7,13,15-16,20H,2,5,8-11H2,1H3,(H,18,21)/t13?,15?,16-/m0/s1. The van der Waals surface area contributed by atoms with Crippen molar-refractivity contribution < 1.29 is 9.90 Å². The van der Waals surface area contributed by atoms with Crippen molar-refractivity contribution in [1.29, 1.82) is 0 Å². The molecule has 2 unspecified atom stereocenters. The second-order valence-electron chi connectivity index (χ2n) is 6.22. The fraction of sp³-hybridized carbons (Fsp3) is 0.588. The summed E-state index contributed by atoms with van der Waals surface area (Å²) in [6.45, 7) is 3.98. The molecule has 0 aromatic heterocycles. The molecule has 1 aromatic rings.